The number of hydrogen-bond acceptors (Lipinski definition) is 6. The quantitative estimate of drug-likeness (QED) is 0.699. The smallest absolute Gasteiger partial charge is 0.410 e. The summed E-state index contributed by atoms with van der Waals surface area (Å²) in [5.41, 5.74) is 0.278. The Labute approximate surface area is 163 Å². The van der Waals surface area contributed by atoms with Gasteiger partial charge < -0.3 is 9.64 Å². The van der Waals surface area contributed by atoms with Gasteiger partial charge in [-0.2, -0.15) is 5.12 Å². The van der Waals surface area contributed by atoms with E-state index < -0.39 is 17.2 Å². The Morgan fingerprint density at radius 3 is 2.68 bits per heavy atom. The molecule has 2 aliphatic rings. The molecule has 2 aromatic rings. The fraction of sp³-hybridized carbons (Fsp3) is 0.500. The van der Waals surface area contributed by atoms with Crippen molar-refractivity contribution in [2.75, 3.05) is 18.2 Å². The molecule has 0 aliphatic carbocycles. The first kappa shape index (κ1) is 18.6. The lowest BCUT2D eigenvalue weighted by Gasteiger charge is -2.39. The Bertz CT molecular complexity index is 886. The van der Waals surface area contributed by atoms with E-state index in [1.165, 1.54) is 0 Å². The van der Waals surface area contributed by atoms with Gasteiger partial charge in [0.2, 0.25) is 0 Å². The van der Waals surface area contributed by atoms with Gasteiger partial charge in [-0.25, -0.2) is 19.7 Å². The molecule has 148 valence electrons. The average Bonchev–Trinajstić information content (AvgIpc) is 3.10. The summed E-state index contributed by atoms with van der Waals surface area (Å²) < 4.78 is 20.8. The molecule has 28 heavy (non-hydrogen) atoms. The number of hydrogen-bond donors (Lipinski definition) is 0. The second-order valence-electron chi connectivity index (χ2n) is 8.44. The molecule has 0 radical (unpaired) electrons. The third-order valence-electron chi connectivity index (χ3n) is 5.21. The van der Waals surface area contributed by atoms with Crippen LogP contribution < -0.4 is 5.12 Å². The van der Waals surface area contributed by atoms with Gasteiger partial charge in [0.15, 0.2) is 11.6 Å². The molecule has 1 amide bonds. The summed E-state index contributed by atoms with van der Waals surface area (Å²) in [6, 6.07) is 3.65. The molecule has 1 spiro atoms. The highest BCUT2D eigenvalue weighted by atomic mass is 19.2. The van der Waals surface area contributed by atoms with Crippen molar-refractivity contribution in [3.05, 3.63) is 36.3 Å². The summed E-state index contributed by atoms with van der Waals surface area (Å²) >= 11 is 0. The number of pyridine rings is 1. The molecule has 8 heteroatoms. The van der Waals surface area contributed by atoms with Gasteiger partial charge in [-0.15, -0.1) is 0 Å². The van der Waals surface area contributed by atoms with Crippen LogP contribution in [-0.4, -0.2) is 50.2 Å². The molecule has 0 bridgehead atoms. The lowest BCUT2D eigenvalue weighted by atomic mass is 9.86. The highest BCUT2D eigenvalue weighted by Gasteiger charge is 2.49. The van der Waals surface area contributed by atoms with E-state index in [2.05, 4.69) is 15.0 Å². The van der Waals surface area contributed by atoms with Crippen LogP contribution in [-0.2, 0) is 11.2 Å². The van der Waals surface area contributed by atoms with Crippen LogP contribution in [0.25, 0.3) is 11.4 Å². The molecule has 1 saturated heterocycles. The van der Waals surface area contributed by atoms with Crippen LogP contribution in [0, 0.1) is 0 Å². The molecular formula is C20H24FN5O2. The van der Waals surface area contributed by atoms with E-state index >= 15 is 4.48 Å². The van der Waals surface area contributed by atoms with Crippen LogP contribution in [0.3, 0.4) is 0 Å². The number of amides is 1. The van der Waals surface area contributed by atoms with Gasteiger partial charge in [0.1, 0.15) is 5.60 Å². The van der Waals surface area contributed by atoms with E-state index in [1.807, 2.05) is 26.8 Å². The highest BCUT2D eigenvalue weighted by molar-refractivity contribution is 5.69. The van der Waals surface area contributed by atoms with Gasteiger partial charge in [0, 0.05) is 30.7 Å². The van der Waals surface area contributed by atoms with E-state index in [9.17, 15) is 4.79 Å². The minimum atomic E-state index is -0.748. The number of carbonyl (C=O) groups is 1. The topological polar surface area (TPSA) is 71.5 Å². The Morgan fingerprint density at radius 1 is 1.21 bits per heavy atom. The van der Waals surface area contributed by atoms with Crippen LogP contribution in [0.5, 0.6) is 0 Å². The fourth-order valence-corrected chi connectivity index (χ4v) is 3.83. The largest absolute Gasteiger partial charge is 0.444 e. The molecule has 0 aromatic carbocycles. The average molecular weight is 385 g/mol. The number of carbonyl (C=O) groups excluding carboxylic acids is 1. The number of aryl methyl sites for hydroxylation is 1. The highest BCUT2D eigenvalue weighted by Crippen LogP contribution is 2.42. The first-order valence-corrected chi connectivity index (χ1v) is 9.48. The van der Waals surface area contributed by atoms with Crippen LogP contribution in [0.15, 0.2) is 30.7 Å². The van der Waals surface area contributed by atoms with Crippen molar-refractivity contribution < 1.29 is 14.0 Å². The van der Waals surface area contributed by atoms with Gasteiger partial charge in [0.25, 0.3) is 0 Å². The van der Waals surface area contributed by atoms with Crippen molar-refractivity contribution in [2.24, 2.45) is 0 Å². The monoisotopic (exact) mass is 385 g/mol. The number of likely N-dealkylation sites (tertiary alicyclic amines) is 1. The SMILES string of the molecule is CC(C)(C)OC(=O)N1CCC2(CCc3cc(-c4ncccn4)cnc3N2F)C1. The number of nitrogens with zero attached hydrogens (tertiary/aromatic N) is 5. The lowest BCUT2D eigenvalue weighted by Crippen LogP contribution is -2.50. The maximum absolute atomic E-state index is 15.4. The molecular weight excluding hydrogens is 361 g/mol. The number of ether oxygens (including phenoxy) is 1. The predicted molar refractivity (Wildman–Crippen MR) is 102 cm³/mol. The van der Waals surface area contributed by atoms with Crippen LogP contribution in [0.1, 0.15) is 39.2 Å². The molecule has 0 N–H and O–H groups in total. The minimum Gasteiger partial charge on any atom is -0.444 e. The fourth-order valence-electron chi connectivity index (χ4n) is 3.83. The Balaban J connectivity index is 1.54. The molecule has 1 fully saturated rings. The van der Waals surface area contributed by atoms with E-state index in [0.717, 1.165) is 16.2 Å². The van der Waals surface area contributed by atoms with E-state index in [1.54, 1.807) is 29.6 Å². The first-order chi connectivity index (χ1) is 13.3. The van der Waals surface area contributed by atoms with Crippen molar-refractivity contribution in [3.8, 4) is 11.4 Å². The van der Waals surface area contributed by atoms with E-state index in [-0.39, 0.29) is 0 Å². The predicted octanol–water partition coefficient (Wildman–Crippen LogP) is 3.56. The van der Waals surface area contributed by atoms with Crippen LogP contribution >= 0.6 is 0 Å². The van der Waals surface area contributed by atoms with Gasteiger partial charge >= 0.3 is 6.09 Å². The van der Waals surface area contributed by atoms with Crippen molar-refractivity contribution >= 4 is 11.9 Å². The Kier molecular flexibility index (Phi) is 4.44. The number of halogens is 1. The van der Waals surface area contributed by atoms with Crippen LogP contribution in [0.4, 0.5) is 15.1 Å². The maximum atomic E-state index is 15.4. The molecule has 1 unspecified atom stereocenters. The lowest BCUT2D eigenvalue weighted by molar-refractivity contribution is 0.0277. The van der Waals surface area contributed by atoms with Gasteiger partial charge in [-0.3, -0.25) is 0 Å². The molecule has 2 aliphatic heterocycles. The Hall–Kier alpha value is -2.77. The van der Waals surface area contributed by atoms with Gasteiger partial charge in [-0.05, 0) is 57.7 Å². The second kappa shape index (κ2) is 6.68. The molecule has 4 heterocycles. The normalized spacial score (nSPS) is 21.7. The van der Waals surface area contributed by atoms with Crippen molar-refractivity contribution in [1.29, 1.82) is 0 Å². The number of fused-ring (bicyclic) bond motifs is 1. The van der Waals surface area contributed by atoms with Gasteiger partial charge in [0.05, 0.1) is 12.1 Å². The molecule has 4 rings (SSSR count). The van der Waals surface area contributed by atoms with Crippen LogP contribution in [0.2, 0.25) is 0 Å². The zero-order valence-electron chi connectivity index (χ0n) is 16.4. The number of anilines is 1. The standard InChI is InChI=1S/C20H24FN5O2/c1-19(2,3)28-18(27)25-10-7-20(13-25)6-5-14-11-15(12-24-17(14)26(20)21)16-22-8-4-9-23-16/h4,8-9,11-12H,5-7,10,13H2,1-3H3. The molecule has 1 atom stereocenters. The van der Waals surface area contributed by atoms with Crippen molar-refractivity contribution in [2.45, 2.75) is 51.2 Å². The van der Waals surface area contributed by atoms with Crippen molar-refractivity contribution in [3.63, 3.8) is 0 Å². The number of rotatable bonds is 1. The minimum absolute atomic E-state index is 0.295. The van der Waals surface area contributed by atoms with Crippen molar-refractivity contribution in [1.82, 2.24) is 19.9 Å². The first-order valence-electron chi connectivity index (χ1n) is 9.48. The zero-order valence-corrected chi connectivity index (χ0v) is 16.4. The second-order valence-corrected chi connectivity index (χ2v) is 8.44. The van der Waals surface area contributed by atoms with E-state index in [0.29, 0.717) is 44.0 Å². The summed E-state index contributed by atoms with van der Waals surface area (Å²) in [5.74, 6) is 0.887. The summed E-state index contributed by atoms with van der Waals surface area (Å²) in [4.78, 5) is 26.8. The summed E-state index contributed by atoms with van der Waals surface area (Å²) in [6.07, 6.45) is 6.38. The molecule has 2 aromatic heterocycles. The van der Waals surface area contributed by atoms with E-state index in [4.69, 9.17) is 4.74 Å². The maximum Gasteiger partial charge on any atom is 0.410 e. The zero-order chi connectivity index (χ0) is 19.9. The third-order valence-corrected chi connectivity index (χ3v) is 5.21. The molecule has 0 saturated carbocycles. The Morgan fingerprint density at radius 2 is 1.96 bits per heavy atom. The third kappa shape index (κ3) is 3.39. The molecule has 7 nitrogen and oxygen atoms in total. The summed E-state index contributed by atoms with van der Waals surface area (Å²) in [5, 5.41) is 0.756. The number of aromatic nitrogens is 3. The van der Waals surface area contributed by atoms with Gasteiger partial charge in [-0.1, -0.05) is 4.48 Å². The summed E-state index contributed by atoms with van der Waals surface area (Å²) in [7, 11) is 0. The summed E-state index contributed by atoms with van der Waals surface area (Å²) in [6.45, 7) is 6.25.